The van der Waals surface area contributed by atoms with Crippen molar-refractivity contribution >= 4 is 21.9 Å². The Morgan fingerprint density at radius 3 is 2.87 bits per heavy atom. The summed E-state index contributed by atoms with van der Waals surface area (Å²) in [5.41, 5.74) is 0. The van der Waals surface area contributed by atoms with Crippen LogP contribution in [0.15, 0.2) is 22.7 Å². The zero-order valence-corrected chi connectivity index (χ0v) is 9.46. The van der Waals surface area contributed by atoms with Crippen molar-refractivity contribution in [3.63, 3.8) is 0 Å². The standard InChI is InChI=1S/C10H10BrFO3/c11-8-6-7(3-4-9(8)12)15-5-1-2-10(13)14/h3-4,6H,1-2,5H2,(H,13,14). The number of carboxylic acids is 1. The number of aliphatic carboxylic acids is 1. The predicted octanol–water partition coefficient (Wildman–Crippen LogP) is 2.83. The number of carbonyl (C=O) groups is 1. The summed E-state index contributed by atoms with van der Waals surface area (Å²) in [6.45, 7) is 0.310. The van der Waals surface area contributed by atoms with E-state index in [1.165, 1.54) is 18.2 Å². The Hall–Kier alpha value is -1.10. The SMILES string of the molecule is O=C(O)CCCOc1ccc(F)c(Br)c1. The number of benzene rings is 1. The Balaban J connectivity index is 2.38. The molecule has 0 saturated heterocycles. The molecule has 1 aromatic rings. The molecule has 0 atom stereocenters. The summed E-state index contributed by atoms with van der Waals surface area (Å²) in [5, 5.41) is 8.38. The maximum absolute atomic E-state index is 12.8. The highest BCUT2D eigenvalue weighted by Crippen LogP contribution is 2.21. The van der Waals surface area contributed by atoms with E-state index >= 15 is 0 Å². The first-order valence-corrected chi connectivity index (χ1v) is 5.18. The lowest BCUT2D eigenvalue weighted by molar-refractivity contribution is -0.137. The summed E-state index contributed by atoms with van der Waals surface area (Å²) < 4.78 is 18.4. The van der Waals surface area contributed by atoms with Crippen molar-refractivity contribution in [2.75, 3.05) is 6.61 Å². The molecule has 0 radical (unpaired) electrons. The van der Waals surface area contributed by atoms with E-state index in [2.05, 4.69) is 15.9 Å². The molecular formula is C10H10BrFO3. The van der Waals surface area contributed by atoms with Crippen LogP contribution in [0, 0.1) is 5.82 Å². The Morgan fingerprint density at radius 2 is 2.27 bits per heavy atom. The number of halogens is 2. The van der Waals surface area contributed by atoms with E-state index in [0.717, 1.165) is 0 Å². The third-order valence-electron chi connectivity index (χ3n) is 1.69. The molecule has 0 spiro atoms. The van der Waals surface area contributed by atoms with Crippen LogP contribution in [0.4, 0.5) is 4.39 Å². The molecule has 82 valence electrons. The van der Waals surface area contributed by atoms with Gasteiger partial charge in [-0.1, -0.05) is 0 Å². The second-order valence-corrected chi connectivity index (χ2v) is 3.78. The van der Waals surface area contributed by atoms with Gasteiger partial charge in [-0.25, -0.2) is 4.39 Å². The van der Waals surface area contributed by atoms with Gasteiger partial charge in [0.2, 0.25) is 0 Å². The lowest BCUT2D eigenvalue weighted by Gasteiger charge is -2.05. The summed E-state index contributed by atoms with van der Waals surface area (Å²) in [7, 11) is 0. The van der Waals surface area contributed by atoms with Crippen LogP contribution in [-0.4, -0.2) is 17.7 Å². The van der Waals surface area contributed by atoms with Crippen molar-refractivity contribution in [3.8, 4) is 5.75 Å². The van der Waals surface area contributed by atoms with Gasteiger partial charge < -0.3 is 9.84 Å². The molecule has 1 rings (SSSR count). The number of ether oxygens (including phenoxy) is 1. The highest BCUT2D eigenvalue weighted by Gasteiger charge is 2.01. The molecule has 0 aliphatic rings. The number of carboxylic acid groups (broad SMARTS) is 1. The molecule has 3 nitrogen and oxygen atoms in total. The van der Waals surface area contributed by atoms with Gasteiger partial charge in [0.25, 0.3) is 0 Å². The Labute approximate surface area is 95.0 Å². The van der Waals surface area contributed by atoms with Crippen LogP contribution in [-0.2, 0) is 4.79 Å². The molecule has 5 heteroatoms. The van der Waals surface area contributed by atoms with Crippen molar-refractivity contribution in [2.24, 2.45) is 0 Å². The molecule has 1 aromatic carbocycles. The number of hydrogen-bond acceptors (Lipinski definition) is 2. The molecule has 0 fully saturated rings. The first-order chi connectivity index (χ1) is 7.09. The minimum Gasteiger partial charge on any atom is -0.494 e. The third-order valence-corrected chi connectivity index (χ3v) is 2.30. The van der Waals surface area contributed by atoms with Crippen LogP contribution in [0.25, 0.3) is 0 Å². The van der Waals surface area contributed by atoms with Gasteiger partial charge in [0, 0.05) is 6.42 Å². The monoisotopic (exact) mass is 276 g/mol. The van der Waals surface area contributed by atoms with E-state index in [9.17, 15) is 9.18 Å². The second-order valence-electron chi connectivity index (χ2n) is 2.92. The summed E-state index contributed by atoms with van der Waals surface area (Å²) in [6.07, 6.45) is 0.507. The van der Waals surface area contributed by atoms with Gasteiger partial charge in [0.1, 0.15) is 11.6 Å². The average Bonchev–Trinajstić information content (AvgIpc) is 2.18. The van der Waals surface area contributed by atoms with Crippen LogP contribution in [0.5, 0.6) is 5.75 Å². The molecule has 15 heavy (non-hydrogen) atoms. The highest BCUT2D eigenvalue weighted by molar-refractivity contribution is 9.10. The topological polar surface area (TPSA) is 46.5 Å². The van der Waals surface area contributed by atoms with E-state index in [4.69, 9.17) is 9.84 Å². The zero-order chi connectivity index (χ0) is 11.3. The summed E-state index contributed by atoms with van der Waals surface area (Å²) in [4.78, 5) is 10.2. The zero-order valence-electron chi connectivity index (χ0n) is 7.87. The molecule has 0 heterocycles. The molecule has 0 saturated carbocycles. The second kappa shape index (κ2) is 5.70. The van der Waals surface area contributed by atoms with Crippen molar-refractivity contribution < 1.29 is 19.0 Å². The Bertz CT molecular complexity index is 355. The maximum Gasteiger partial charge on any atom is 0.303 e. The molecule has 1 N–H and O–H groups in total. The van der Waals surface area contributed by atoms with Gasteiger partial charge in [-0.05, 0) is 40.5 Å². The van der Waals surface area contributed by atoms with E-state index in [1.54, 1.807) is 0 Å². The molecule has 0 aliphatic heterocycles. The van der Waals surface area contributed by atoms with Gasteiger partial charge in [0.05, 0.1) is 11.1 Å². The lowest BCUT2D eigenvalue weighted by atomic mass is 10.3. The lowest BCUT2D eigenvalue weighted by Crippen LogP contribution is -2.02. The van der Waals surface area contributed by atoms with Gasteiger partial charge in [-0.3, -0.25) is 4.79 Å². The van der Waals surface area contributed by atoms with Gasteiger partial charge >= 0.3 is 5.97 Å². The van der Waals surface area contributed by atoms with E-state index < -0.39 is 5.97 Å². The fourth-order valence-corrected chi connectivity index (χ4v) is 1.34. The third kappa shape index (κ3) is 4.29. The number of rotatable bonds is 5. The van der Waals surface area contributed by atoms with Gasteiger partial charge in [0.15, 0.2) is 0 Å². The maximum atomic E-state index is 12.8. The minimum absolute atomic E-state index is 0.0718. The number of hydrogen-bond donors (Lipinski definition) is 1. The highest BCUT2D eigenvalue weighted by atomic mass is 79.9. The minimum atomic E-state index is -0.848. The summed E-state index contributed by atoms with van der Waals surface area (Å²) in [5.74, 6) is -0.680. The van der Waals surface area contributed by atoms with Gasteiger partial charge in [-0.2, -0.15) is 0 Å². The predicted molar refractivity (Wildman–Crippen MR) is 56.5 cm³/mol. The van der Waals surface area contributed by atoms with Crippen LogP contribution in [0.2, 0.25) is 0 Å². The largest absolute Gasteiger partial charge is 0.494 e. The molecule has 0 amide bonds. The molecule has 0 aliphatic carbocycles. The summed E-state index contributed by atoms with van der Waals surface area (Å²) in [6, 6.07) is 4.30. The normalized spacial score (nSPS) is 10.0. The molecule has 0 unspecified atom stereocenters. The first kappa shape index (κ1) is 12.0. The van der Waals surface area contributed by atoms with Crippen LogP contribution >= 0.6 is 15.9 Å². The van der Waals surface area contributed by atoms with Crippen LogP contribution in [0.3, 0.4) is 0 Å². The van der Waals surface area contributed by atoms with E-state index in [1.807, 2.05) is 0 Å². The van der Waals surface area contributed by atoms with Crippen LogP contribution < -0.4 is 4.74 Å². The molecule has 0 bridgehead atoms. The van der Waals surface area contributed by atoms with Crippen LogP contribution in [0.1, 0.15) is 12.8 Å². The fraction of sp³-hybridized carbons (Fsp3) is 0.300. The van der Waals surface area contributed by atoms with E-state index in [-0.39, 0.29) is 12.2 Å². The summed E-state index contributed by atoms with van der Waals surface area (Å²) >= 11 is 3.03. The average molecular weight is 277 g/mol. The van der Waals surface area contributed by atoms with Crippen molar-refractivity contribution in [3.05, 3.63) is 28.5 Å². The quantitative estimate of drug-likeness (QED) is 0.842. The Morgan fingerprint density at radius 1 is 1.53 bits per heavy atom. The fourth-order valence-electron chi connectivity index (χ4n) is 0.980. The first-order valence-electron chi connectivity index (χ1n) is 4.39. The Kier molecular flexibility index (Phi) is 4.55. The van der Waals surface area contributed by atoms with Crippen molar-refractivity contribution in [2.45, 2.75) is 12.8 Å². The van der Waals surface area contributed by atoms with Gasteiger partial charge in [-0.15, -0.1) is 0 Å². The molecule has 0 aromatic heterocycles. The van der Waals surface area contributed by atoms with E-state index in [0.29, 0.717) is 23.2 Å². The smallest absolute Gasteiger partial charge is 0.303 e. The molecular weight excluding hydrogens is 267 g/mol. The van der Waals surface area contributed by atoms with Crippen molar-refractivity contribution in [1.82, 2.24) is 0 Å². The van der Waals surface area contributed by atoms with Crippen molar-refractivity contribution in [1.29, 1.82) is 0 Å².